The number of benzene rings is 1. The zero-order valence-electron chi connectivity index (χ0n) is 11.2. The maximum atomic E-state index is 11.2. The van der Waals surface area contributed by atoms with E-state index in [2.05, 4.69) is 10.6 Å². The molecule has 2 aliphatic heterocycles. The van der Waals surface area contributed by atoms with E-state index >= 15 is 0 Å². The molecule has 20 heavy (non-hydrogen) atoms. The maximum Gasteiger partial charge on any atom is 0.183 e. The van der Waals surface area contributed by atoms with Crippen molar-refractivity contribution in [3.8, 4) is 11.5 Å². The summed E-state index contributed by atoms with van der Waals surface area (Å²) in [6, 6.07) is 7.78. The van der Waals surface area contributed by atoms with Crippen LogP contribution in [0.5, 0.6) is 11.5 Å². The highest BCUT2D eigenvalue weighted by molar-refractivity contribution is 5.54. The molecule has 1 saturated heterocycles. The van der Waals surface area contributed by atoms with E-state index in [9.17, 15) is 4.79 Å². The van der Waals surface area contributed by atoms with Crippen molar-refractivity contribution in [3.63, 3.8) is 0 Å². The molecule has 0 bridgehead atoms. The van der Waals surface area contributed by atoms with Crippen LogP contribution in [0.2, 0.25) is 0 Å². The predicted molar refractivity (Wildman–Crippen MR) is 74.6 cm³/mol. The Labute approximate surface area is 118 Å². The van der Waals surface area contributed by atoms with Gasteiger partial charge in [-0.25, -0.2) is 4.79 Å². The Morgan fingerprint density at radius 1 is 1.25 bits per heavy atom. The van der Waals surface area contributed by atoms with E-state index in [1.807, 2.05) is 30.2 Å². The van der Waals surface area contributed by atoms with Gasteiger partial charge in [-0.1, -0.05) is 12.1 Å². The van der Waals surface area contributed by atoms with Crippen LogP contribution in [0, 0.1) is 0 Å². The summed E-state index contributed by atoms with van der Waals surface area (Å²) in [6.07, 6.45) is 1.59. The summed E-state index contributed by atoms with van der Waals surface area (Å²) < 4.78 is 11.5. The zero-order chi connectivity index (χ0) is 13.8. The van der Waals surface area contributed by atoms with E-state index in [1.54, 1.807) is 0 Å². The zero-order valence-corrected chi connectivity index (χ0v) is 11.2. The van der Waals surface area contributed by atoms with Crippen molar-refractivity contribution in [1.82, 2.24) is 10.6 Å². The molecule has 0 amide bonds. The Balaban J connectivity index is 1.67. The van der Waals surface area contributed by atoms with Crippen LogP contribution in [-0.4, -0.2) is 37.8 Å². The van der Waals surface area contributed by atoms with Crippen molar-refractivity contribution in [2.24, 2.45) is 0 Å². The molecule has 0 aliphatic carbocycles. The lowest BCUT2D eigenvalue weighted by Gasteiger charge is -2.30. The number of fused-ring (bicyclic) bond motifs is 1. The highest BCUT2D eigenvalue weighted by Crippen LogP contribution is 2.31. The lowest BCUT2D eigenvalue weighted by atomic mass is 10.1. The molecule has 5 nitrogen and oxygen atoms in total. The van der Waals surface area contributed by atoms with Crippen LogP contribution in [0.1, 0.15) is 12.8 Å². The molecule has 2 N–H and O–H groups in total. The van der Waals surface area contributed by atoms with Gasteiger partial charge in [-0.2, -0.15) is 0 Å². The van der Waals surface area contributed by atoms with E-state index in [4.69, 9.17) is 9.47 Å². The van der Waals surface area contributed by atoms with Gasteiger partial charge in [-0.05, 0) is 38.1 Å². The Morgan fingerprint density at radius 2 is 2.00 bits per heavy atom. The van der Waals surface area contributed by atoms with E-state index in [0.717, 1.165) is 31.7 Å². The quantitative estimate of drug-likeness (QED) is 0.801. The second-order valence-electron chi connectivity index (χ2n) is 5.05. The normalized spacial score (nSPS) is 21.9. The number of hydrogen-bond donors (Lipinski definition) is 2. The van der Waals surface area contributed by atoms with Crippen LogP contribution in [0.25, 0.3) is 0 Å². The minimum atomic E-state index is -0.405. The summed E-state index contributed by atoms with van der Waals surface area (Å²) in [6.45, 7) is 2.27. The van der Waals surface area contributed by atoms with Gasteiger partial charge < -0.3 is 20.1 Å². The molecule has 1 atom stereocenters. The molecule has 1 unspecified atom stereocenters. The molecule has 2 heterocycles. The summed E-state index contributed by atoms with van der Waals surface area (Å²) in [7, 11) is 0. The van der Waals surface area contributed by atoms with Crippen molar-refractivity contribution in [2.75, 3.05) is 19.7 Å². The Hall–Kier alpha value is -1.97. The average Bonchev–Trinajstić information content (AvgIpc) is 2.53. The molecule has 5 heteroatoms. The third-order valence-electron chi connectivity index (χ3n) is 3.64. The van der Waals surface area contributed by atoms with Crippen molar-refractivity contribution in [2.45, 2.75) is 25.0 Å². The number of carbonyl (C=O) groups excluding carboxylic acids is 1. The summed E-state index contributed by atoms with van der Waals surface area (Å²) in [4.78, 5) is 11.2. The van der Waals surface area contributed by atoms with Crippen LogP contribution in [0.4, 0.5) is 0 Å². The van der Waals surface area contributed by atoms with E-state index in [1.165, 1.54) is 0 Å². The minimum Gasteiger partial charge on any atom is -0.485 e. The molecule has 0 spiro atoms. The van der Waals surface area contributed by atoms with Crippen molar-refractivity contribution < 1.29 is 14.3 Å². The number of para-hydroxylation sites is 2. The number of hydrogen-bond acceptors (Lipinski definition) is 5. The van der Waals surface area contributed by atoms with Crippen molar-refractivity contribution >= 4 is 5.94 Å². The third kappa shape index (κ3) is 2.79. The van der Waals surface area contributed by atoms with Crippen LogP contribution < -0.4 is 20.1 Å². The number of nitrogens with one attached hydrogen (secondary N) is 2. The van der Waals surface area contributed by atoms with E-state index in [0.29, 0.717) is 24.1 Å². The summed E-state index contributed by atoms with van der Waals surface area (Å²) >= 11 is 0. The van der Waals surface area contributed by atoms with Gasteiger partial charge in [0.05, 0.1) is 0 Å². The van der Waals surface area contributed by atoms with Gasteiger partial charge in [-0.15, -0.1) is 0 Å². The van der Waals surface area contributed by atoms with Gasteiger partial charge in [0.25, 0.3) is 0 Å². The fraction of sp³-hybridized carbons (Fsp3) is 0.467. The molecular weight excluding hydrogens is 256 g/mol. The first-order valence-corrected chi connectivity index (χ1v) is 6.97. The Morgan fingerprint density at radius 3 is 2.75 bits per heavy atom. The SMILES string of the molecule is O=C=C(NC1CCNCC1)C1COc2ccccc2O1. The monoisotopic (exact) mass is 274 g/mol. The second kappa shape index (κ2) is 5.99. The minimum absolute atomic E-state index is 0.300. The van der Waals surface area contributed by atoms with Gasteiger partial charge in [0.1, 0.15) is 18.2 Å². The van der Waals surface area contributed by atoms with Crippen molar-refractivity contribution in [1.29, 1.82) is 0 Å². The second-order valence-corrected chi connectivity index (χ2v) is 5.05. The number of rotatable bonds is 3. The lowest BCUT2D eigenvalue weighted by molar-refractivity contribution is 0.109. The Kier molecular flexibility index (Phi) is 3.90. The van der Waals surface area contributed by atoms with Gasteiger partial charge in [0, 0.05) is 6.04 Å². The average molecular weight is 274 g/mol. The van der Waals surface area contributed by atoms with Crippen molar-refractivity contribution in [3.05, 3.63) is 30.0 Å². The molecule has 0 aromatic heterocycles. The Bertz CT molecular complexity index is 520. The molecule has 3 rings (SSSR count). The fourth-order valence-corrected chi connectivity index (χ4v) is 2.54. The molecular formula is C15H18N2O3. The molecule has 1 aromatic rings. The molecule has 106 valence electrons. The lowest BCUT2D eigenvalue weighted by Crippen LogP contribution is -2.44. The molecule has 2 aliphatic rings. The predicted octanol–water partition coefficient (Wildman–Crippen LogP) is 0.883. The topological polar surface area (TPSA) is 59.6 Å². The molecule has 1 aromatic carbocycles. The van der Waals surface area contributed by atoms with Gasteiger partial charge in [-0.3, -0.25) is 0 Å². The molecule has 0 radical (unpaired) electrons. The highest BCUT2D eigenvalue weighted by atomic mass is 16.6. The summed E-state index contributed by atoms with van der Waals surface area (Å²) in [5, 5.41) is 6.55. The van der Waals surface area contributed by atoms with E-state index in [-0.39, 0.29) is 0 Å². The smallest absolute Gasteiger partial charge is 0.183 e. The first-order chi connectivity index (χ1) is 9.86. The largest absolute Gasteiger partial charge is 0.485 e. The fourth-order valence-electron chi connectivity index (χ4n) is 2.54. The van der Waals surface area contributed by atoms with Crippen LogP contribution in [-0.2, 0) is 4.79 Å². The first-order valence-electron chi connectivity index (χ1n) is 6.97. The van der Waals surface area contributed by atoms with E-state index < -0.39 is 6.10 Å². The third-order valence-corrected chi connectivity index (χ3v) is 3.64. The van der Waals surface area contributed by atoms with Crippen LogP contribution >= 0.6 is 0 Å². The maximum absolute atomic E-state index is 11.2. The van der Waals surface area contributed by atoms with Gasteiger partial charge in [0.15, 0.2) is 17.6 Å². The standard InChI is InChI=1S/C15H18N2O3/c18-9-12(17-11-5-7-16-8-6-11)15-10-19-13-3-1-2-4-14(13)20-15/h1-4,11,15-17H,5-8,10H2. The van der Waals surface area contributed by atoms with Gasteiger partial charge in [0.2, 0.25) is 0 Å². The number of ether oxygens (including phenoxy) is 2. The molecule has 0 saturated carbocycles. The van der Waals surface area contributed by atoms with Crippen LogP contribution in [0.3, 0.4) is 0 Å². The molecule has 1 fully saturated rings. The van der Waals surface area contributed by atoms with Crippen LogP contribution in [0.15, 0.2) is 30.0 Å². The first kappa shape index (κ1) is 13.0. The van der Waals surface area contributed by atoms with Gasteiger partial charge >= 0.3 is 0 Å². The summed E-state index contributed by atoms with van der Waals surface area (Å²) in [5.41, 5.74) is 0.450. The highest BCUT2D eigenvalue weighted by Gasteiger charge is 2.27. The summed E-state index contributed by atoms with van der Waals surface area (Å²) in [5.74, 6) is 3.37. The number of piperidine rings is 1.